The van der Waals surface area contributed by atoms with E-state index < -0.39 is 0 Å². The Morgan fingerprint density at radius 3 is 2.74 bits per heavy atom. The standard InChI is InChI=1S/C13H16N4OS/c1-7(17-13(15)16-2)11(14)9-3-4-10-8(12(9)18)5-6-19-10/h3-6,18H,14H2,1-2H3,(H3,15,16,17)/b11-7-. The Morgan fingerprint density at radius 2 is 2.05 bits per heavy atom. The molecule has 0 aliphatic heterocycles. The lowest BCUT2D eigenvalue weighted by Gasteiger charge is -2.11. The minimum atomic E-state index is 0.185. The van der Waals surface area contributed by atoms with Crippen LogP contribution in [-0.2, 0) is 0 Å². The van der Waals surface area contributed by atoms with Crippen molar-refractivity contribution in [1.29, 1.82) is 0 Å². The SMILES string of the molecule is CN=C(N)N/C(C)=C(\N)c1ccc2sccc2c1O. The van der Waals surface area contributed by atoms with Crippen molar-refractivity contribution in [3.05, 3.63) is 34.8 Å². The number of aromatic hydroxyl groups is 1. The summed E-state index contributed by atoms with van der Waals surface area (Å²) in [6.07, 6.45) is 0. The summed E-state index contributed by atoms with van der Waals surface area (Å²) in [6.45, 7) is 1.78. The molecule has 1 aromatic heterocycles. The molecule has 6 heteroatoms. The van der Waals surface area contributed by atoms with Crippen molar-refractivity contribution in [2.75, 3.05) is 7.05 Å². The maximum Gasteiger partial charge on any atom is 0.192 e. The van der Waals surface area contributed by atoms with Gasteiger partial charge < -0.3 is 21.9 Å². The molecular formula is C13H16N4OS. The smallest absolute Gasteiger partial charge is 0.192 e. The maximum absolute atomic E-state index is 10.3. The van der Waals surface area contributed by atoms with Gasteiger partial charge in [0.2, 0.25) is 0 Å². The number of fused-ring (bicyclic) bond motifs is 1. The number of nitrogens with one attached hydrogen (secondary N) is 1. The lowest BCUT2D eigenvalue weighted by Crippen LogP contribution is -2.31. The zero-order valence-electron chi connectivity index (χ0n) is 10.8. The number of allylic oxidation sites excluding steroid dienone is 1. The third-order valence-corrected chi connectivity index (χ3v) is 3.74. The predicted molar refractivity (Wildman–Crippen MR) is 81.0 cm³/mol. The number of nitrogens with zero attached hydrogens (tertiary/aromatic N) is 1. The van der Waals surface area contributed by atoms with Crippen molar-refractivity contribution < 1.29 is 5.11 Å². The first-order valence-electron chi connectivity index (χ1n) is 5.69. The highest BCUT2D eigenvalue weighted by Crippen LogP contribution is 2.34. The number of guanidine groups is 1. The van der Waals surface area contributed by atoms with Crippen molar-refractivity contribution in [3.63, 3.8) is 0 Å². The number of rotatable bonds is 2. The van der Waals surface area contributed by atoms with Crippen LogP contribution in [0.5, 0.6) is 5.75 Å². The molecule has 0 fully saturated rings. The lowest BCUT2D eigenvalue weighted by atomic mass is 10.1. The molecule has 0 spiro atoms. The number of benzene rings is 1. The number of aliphatic imine (C=N–C) groups is 1. The first-order valence-corrected chi connectivity index (χ1v) is 6.57. The van der Waals surface area contributed by atoms with E-state index in [0.29, 0.717) is 17.0 Å². The molecule has 100 valence electrons. The fourth-order valence-corrected chi connectivity index (χ4v) is 2.55. The Labute approximate surface area is 115 Å². The number of hydrogen-bond acceptors (Lipinski definition) is 4. The Hall–Kier alpha value is -2.21. The summed E-state index contributed by atoms with van der Waals surface area (Å²) in [5.74, 6) is 0.459. The highest BCUT2D eigenvalue weighted by Gasteiger charge is 2.11. The Kier molecular flexibility index (Phi) is 3.62. The molecule has 6 N–H and O–H groups in total. The van der Waals surface area contributed by atoms with Crippen LogP contribution in [0.15, 0.2) is 34.3 Å². The highest BCUT2D eigenvalue weighted by molar-refractivity contribution is 7.17. The molecule has 2 rings (SSSR count). The van der Waals surface area contributed by atoms with E-state index in [2.05, 4.69) is 10.3 Å². The summed E-state index contributed by atoms with van der Waals surface area (Å²) in [5.41, 5.74) is 13.3. The van der Waals surface area contributed by atoms with Crippen LogP contribution in [0.4, 0.5) is 0 Å². The van der Waals surface area contributed by atoms with Crippen LogP contribution < -0.4 is 16.8 Å². The summed E-state index contributed by atoms with van der Waals surface area (Å²) >= 11 is 1.57. The lowest BCUT2D eigenvalue weighted by molar-refractivity contribution is 0.480. The molecule has 1 heterocycles. The van der Waals surface area contributed by atoms with Crippen molar-refractivity contribution in [2.45, 2.75) is 6.92 Å². The van der Waals surface area contributed by atoms with E-state index in [1.807, 2.05) is 17.5 Å². The van der Waals surface area contributed by atoms with Gasteiger partial charge in [0, 0.05) is 28.4 Å². The van der Waals surface area contributed by atoms with Crippen LogP contribution in [0.1, 0.15) is 12.5 Å². The van der Waals surface area contributed by atoms with Gasteiger partial charge >= 0.3 is 0 Å². The Morgan fingerprint density at radius 1 is 1.32 bits per heavy atom. The summed E-state index contributed by atoms with van der Waals surface area (Å²) in [7, 11) is 1.58. The minimum Gasteiger partial charge on any atom is -0.507 e. The molecule has 0 atom stereocenters. The number of nitrogens with two attached hydrogens (primary N) is 2. The fraction of sp³-hybridized carbons (Fsp3) is 0.154. The largest absolute Gasteiger partial charge is 0.507 e. The van der Waals surface area contributed by atoms with Gasteiger partial charge in [-0.3, -0.25) is 4.99 Å². The predicted octanol–water partition coefficient (Wildman–Crippen LogP) is 1.79. The van der Waals surface area contributed by atoms with Crippen molar-refractivity contribution >= 4 is 33.1 Å². The summed E-state index contributed by atoms with van der Waals surface area (Å²) in [4.78, 5) is 3.80. The average Bonchev–Trinajstić information content (AvgIpc) is 2.87. The van der Waals surface area contributed by atoms with E-state index >= 15 is 0 Å². The molecule has 0 radical (unpaired) electrons. The van der Waals surface area contributed by atoms with E-state index in [4.69, 9.17) is 11.5 Å². The van der Waals surface area contributed by atoms with Crippen LogP contribution in [0.25, 0.3) is 15.8 Å². The minimum absolute atomic E-state index is 0.185. The molecule has 5 nitrogen and oxygen atoms in total. The summed E-state index contributed by atoms with van der Waals surface area (Å²) < 4.78 is 1.02. The van der Waals surface area contributed by atoms with E-state index in [-0.39, 0.29) is 11.7 Å². The van der Waals surface area contributed by atoms with E-state index in [1.165, 1.54) is 0 Å². The molecular weight excluding hydrogens is 260 g/mol. The second kappa shape index (κ2) is 5.19. The van der Waals surface area contributed by atoms with Gasteiger partial charge in [0.25, 0.3) is 0 Å². The quantitative estimate of drug-likeness (QED) is 0.496. The van der Waals surface area contributed by atoms with Gasteiger partial charge in [0.1, 0.15) is 5.75 Å². The first-order chi connectivity index (χ1) is 9.04. The molecule has 2 aromatic rings. The van der Waals surface area contributed by atoms with Crippen molar-refractivity contribution in [2.24, 2.45) is 16.5 Å². The van der Waals surface area contributed by atoms with Gasteiger partial charge in [-0.25, -0.2) is 0 Å². The normalized spacial score (nSPS) is 13.5. The van der Waals surface area contributed by atoms with Crippen molar-refractivity contribution in [1.82, 2.24) is 5.32 Å². The highest BCUT2D eigenvalue weighted by atomic mass is 32.1. The second-order valence-corrected chi connectivity index (χ2v) is 5.01. The van der Waals surface area contributed by atoms with Gasteiger partial charge in [-0.1, -0.05) is 0 Å². The third kappa shape index (κ3) is 2.48. The van der Waals surface area contributed by atoms with Crippen LogP contribution >= 0.6 is 11.3 Å². The summed E-state index contributed by atoms with van der Waals surface area (Å²) in [5, 5.41) is 15.9. The molecule has 0 amide bonds. The molecule has 0 aliphatic rings. The number of hydrogen-bond donors (Lipinski definition) is 4. The second-order valence-electron chi connectivity index (χ2n) is 4.07. The van der Waals surface area contributed by atoms with Crippen molar-refractivity contribution in [3.8, 4) is 5.75 Å². The van der Waals surface area contributed by atoms with Crippen LogP contribution in [0.2, 0.25) is 0 Å². The summed E-state index contributed by atoms with van der Waals surface area (Å²) in [6, 6.07) is 5.61. The third-order valence-electron chi connectivity index (χ3n) is 2.86. The topological polar surface area (TPSA) is 96.7 Å². The molecule has 0 aliphatic carbocycles. The maximum atomic E-state index is 10.3. The molecule has 1 aromatic carbocycles. The van der Waals surface area contributed by atoms with Crippen LogP contribution in [0.3, 0.4) is 0 Å². The number of thiophene rings is 1. The number of phenolic OH excluding ortho intramolecular Hbond substituents is 1. The van der Waals surface area contributed by atoms with Gasteiger partial charge in [-0.05, 0) is 30.5 Å². The molecule has 0 unspecified atom stereocenters. The van der Waals surface area contributed by atoms with Crippen LogP contribution in [-0.4, -0.2) is 18.1 Å². The van der Waals surface area contributed by atoms with Crippen LogP contribution in [0, 0.1) is 0 Å². The molecule has 0 saturated carbocycles. The average molecular weight is 276 g/mol. The van der Waals surface area contributed by atoms with E-state index in [1.54, 1.807) is 31.4 Å². The zero-order valence-corrected chi connectivity index (χ0v) is 11.6. The number of phenols is 1. The van der Waals surface area contributed by atoms with Gasteiger partial charge in [-0.2, -0.15) is 0 Å². The van der Waals surface area contributed by atoms with Gasteiger partial charge in [-0.15, -0.1) is 11.3 Å². The fourth-order valence-electron chi connectivity index (χ4n) is 1.76. The first kappa shape index (κ1) is 13.2. The van der Waals surface area contributed by atoms with Gasteiger partial charge in [0.15, 0.2) is 5.96 Å². The molecule has 0 saturated heterocycles. The van der Waals surface area contributed by atoms with E-state index in [0.717, 1.165) is 10.1 Å². The molecule has 19 heavy (non-hydrogen) atoms. The Balaban J connectivity index is 2.48. The monoisotopic (exact) mass is 276 g/mol. The molecule has 0 bridgehead atoms. The van der Waals surface area contributed by atoms with Gasteiger partial charge in [0.05, 0.1) is 5.70 Å². The zero-order chi connectivity index (χ0) is 14.0. The van der Waals surface area contributed by atoms with E-state index in [9.17, 15) is 5.11 Å². The Bertz CT molecular complexity index is 672.